The predicted octanol–water partition coefficient (Wildman–Crippen LogP) is 3.77. The highest BCUT2D eigenvalue weighted by Crippen LogP contribution is 2.25. The fourth-order valence-electron chi connectivity index (χ4n) is 4.99. The summed E-state index contributed by atoms with van der Waals surface area (Å²) in [5.74, 6) is 1.51. The number of methoxy groups -OCH3 is 1. The van der Waals surface area contributed by atoms with E-state index in [0.29, 0.717) is 43.6 Å². The zero-order chi connectivity index (χ0) is 26.5. The van der Waals surface area contributed by atoms with Crippen LogP contribution in [0.1, 0.15) is 38.0 Å². The lowest BCUT2D eigenvalue weighted by Crippen LogP contribution is -2.40. The number of benzene rings is 2. The molecule has 1 atom stereocenters. The van der Waals surface area contributed by atoms with Gasteiger partial charge in [-0.2, -0.15) is 9.29 Å². The maximum absolute atomic E-state index is 13.0. The van der Waals surface area contributed by atoms with Gasteiger partial charge in [0, 0.05) is 30.9 Å². The molecular formula is C27H33N5O5S. The average Bonchev–Trinajstić information content (AvgIpc) is 3.42. The molecule has 2 aromatic carbocycles. The largest absolute Gasteiger partial charge is 0.497 e. The van der Waals surface area contributed by atoms with Crippen molar-refractivity contribution in [2.24, 2.45) is 5.92 Å². The van der Waals surface area contributed by atoms with Gasteiger partial charge >= 0.3 is 0 Å². The smallest absolute Gasteiger partial charge is 0.243 e. The monoisotopic (exact) mass is 539 g/mol. The van der Waals surface area contributed by atoms with Crippen molar-refractivity contribution in [1.29, 1.82) is 0 Å². The molecule has 1 aromatic heterocycles. The van der Waals surface area contributed by atoms with Crippen molar-refractivity contribution in [2.45, 2.75) is 43.5 Å². The maximum Gasteiger partial charge on any atom is 0.243 e. The molecular weight excluding hydrogens is 506 g/mol. The Labute approximate surface area is 223 Å². The van der Waals surface area contributed by atoms with Crippen LogP contribution in [0.3, 0.4) is 0 Å². The van der Waals surface area contributed by atoms with Crippen LogP contribution in [-0.2, 0) is 21.4 Å². The Morgan fingerprint density at radius 1 is 1.03 bits per heavy atom. The Morgan fingerprint density at radius 2 is 1.76 bits per heavy atom. The highest BCUT2D eigenvalue weighted by Gasteiger charge is 2.28. The van der Waals surface area contributed by atoms with Crippen LogP contribution in [0.25, 0.3) is 11.4 Å². The van der Waals surface area contributed by atoms with Crippen molar-refractivity contribution in [3.63, 3.8) is 0 Å². The van der Waals surface area contributed by atoms with Gasteiger partial charge in [-0.25, -0.2) is 8.42 Å². The third-order valence-corrected chi connectivity index (χ3v) is 9.04. The molecule has 0 spiro atoms. The molecule has 1 unspecified atom stereocenters. The standard InChI is InChI=1S/C27H33N5O5S/c1-36-23-11-7-20(8-12-23)26-29-25(37-30-26)19-31-15-5-6-21(18-31)27(33)28-22-9-13-24(14-10-22)38(34,35)32-16-3-2-4-17-32/h7-14,21H,2-6,15-19H2,1H3,(H,28,33). The minimum Gasteiger partial charge on any atom is -0.497 e. The van der Waals surface area contributed by atoms with E-state index < -0.39 is 10.0 Å². The van der Waals surface area contributed by atoms with Gasteiger partial charge < -0.3 is 14.6 Å². The summed E-state index contributed by atoms with van der Waals surface area (Å²) in [6, 6.07) is 13.9. The summed E-state index contributed by atoms with van der Waals surface area (Å²) in [6.45, 7) is 3.01. The second-order valence-electron chi connectivity index (χ2n) is 9.79. The lowest BCUT2D eigenvalue weighted by Gasteiger charge is -2.30. The van der Waals surface area contributed by atoms with Crippen LogP contribution in [-0.4, -0.2) is 67.0 Å². The number of nitrogens with zero attached hydrogens (tertiary/aromatic N) is 4. The minimum absolute atomic E-state index is 0.0780. The minimum atomic E-state index is -3.50. The number of amides is 1. The van der Waals surface area contributed by atoms with Crippen molar-refractivity contribution in [3.8, 4) is 17.1 Å². The summed E-state index contributed by atoms with van der Waals surface area (Å²) in [4.78, 5) is 19.9. The zero-order valence-electron chi connectivity index (χ0n) is 21.5. The second kappa shape index (κ2) is 11.6. The summed E-state index contributed by atoms with van der Waals surface area (Å²) in [7, 11) is -1.88. The van der Waals surface area contributed by atoms with Gasteiger partial charge in [-0.1, -0.05) is 11.6 Å². The van der Waals surface area contributed by atoms with E-state index in [9.17, 15) is 13.2 Å². The number of likely N-dealkylation sites (tertiary alicyclic amines) is 1. The number of piperidine rings is 2. The first-order valence-electron chi connectivity index (χ1n) is 13.0. The fourth-order valence-corrected chi connectivity index (χ4v) is 6.51. The van der Waals surface area contributed by atoms with Crippen molar-refractivity contribution >= 4 is 21.6 Å². The number of ether oxygens (including phenoxy) is 1. The maximum atomic E-state index is 13.0. The van der Waals surface area contributed by atoms with Crippen LogP contribution in [0, 0.1) is 5.92 Å². The third-order valence-electron chi connectivity index (χ3n) is 7.13. The van der Waals surface area contributed by atoms with Crippen molar-refractivity contribution in [2.75, 3.05) is 38.6 Å². The zero-order valence-corrected chi connectivity index (χ0v) is 22.3. The first-order valence-corrected chi connectivity index (χ1v) is 14.5. The number of nitrogens with one attached hydrogen (secondary N) is 1. The van der Waals surface area contributed by atoms with Crippen LogP contribution in [0.2, 0.25) is 0 Å². The van der Waals surface area contributed by atoms with Gasteiger partial charge in [0.05, 0.1) is 24.5 Å². The number of aromatic nitrogens is 2. The molecule has 0 radical (unpaired) electrons. The number of hydrogen-bond donors (Lipinski definition) is 1. The summed E-state index contributed by atoms with van der Waals surface area (Å²) >= 11 is 0. The molecule has 5 rings (SSSR count). The fraction of sp³-hybridized carbons (Fsp3) is 0.444. The number of carbonyl (C=O) groups is 1. The summed E-state index contributed by atoms with van der Waals surface area (Å²) < 4.78 is 37.9. The van der Waals surface area contributed by atoms with E-state index in [0.717, 1.165) is 50.0 Å². The topological polar surface area (TPSA) is 118 Å². The Hall–Kier alpha value is -3.28. The first-order chi connectivity index (χ1) is 18.4. The molecule has 1 amide bonds. The number of anilines is 1. The average molecular weight is 540 g/mol. The molecule has 202 valence electrons. The highest BCUT2D eigenvalue weighted by molar-refractivity contribution is 7.89. The molecule has 11 heteroatoms. The van der Waals surface area contributed by atoms with E-state index >= 15 is 0 Å². The van der Waals surface area contributed by atoms with Gasteiger partial charge in [0.2, 0.25) is 27.6 Å². The Bertz CT molecular complexity index is 1330. The van der Waals surface area contributed by atoms with Crippen LogP contribution in [0.5, 0.6) is 5.75 Å². The number of hydrogen-bond acceptors (Lipinski definition) is 8. The Kier molecular flexibility index (Phi) is 8.06. The van der Waals surface area contributed by atoms with Crippen LogP contribution in [0.15, 0.2) is 57.9 Å². The van der Waals surface area contributed by atoms with Gasteiger partial charge in [0.25, 0.3) is 0 Å². The van der Waals surface area contributed by atoms with Crippen LogP contribution in [0.4, 0.5) is 5.69 Å². The molecule has 2 aliphatic heterocycles. The second-order valence-corrected chi connectivity index (χ2v) is 11.7. The normalized spacial score (nSPS) is 19.2. The molecule has 38 heavy (non-hydrogen) atoms. The Balaban J connectivity index is 1.16. The summed E-state index contributed by atoms with van der Waals surface area (Å²) in [6.07, 6.45) is 4.51. The quantitative estimate of drug-likeness (QED) is 0.460. The molecule has 0 aliphatic carbocycles. The van der Waals surface area contributed by atoms with Gasteiger partial charge in [-0.3, -0.25) is 9.69 Å². The predicted molar refractivity (Wildman–Crippen MR) is 142 cm³/mol. The first kappa shape index (κ1) is 26.3. The van der Waals surface area contributed by atoms with E-state index in [1.54, 1.807) is 35.7 Å². The van der Waals surface area contributed by atoms with Gasteiger partial charge in [-0.15, -0.1) is 0 Å². The van der Waals surface area contributed by atoms with Crippen LogP contribution >= 0.6 is 0 Å². The van der Waals surface area contributed by atoms with Crippen molar-refractivity contribution < 1.29 is 22.5 Å². The van der Waals surface area contributed by atoms with E-state index in [-0.39, 0.29) is 16.7 Å². The van der Waals surface area contributed by atoms with E-state index in [1.807, 2.05) is 24.3 Å². The number of rotatable bonds is 8. The van der Waals surface area contributed by atoms with E-state index in [1.165, 1.54) is 0 Å². The number of carbonyl (C=O) groups excluding carboxylic acids is 1. The van der Waals surface area contributed by atoms with E-state index in [4.69, 9.17) is 9.26 Å². The molecule has 1 N–H and O–H groups in total. The third kappa shape index (κ3) is 6.06. The van der Waals surface area contributed by atoms with Crippen molar-refractivity contribution in [1.82, 2.24) is 19.3 Å². The highest BCUT2D eigenvalue weighted by atomic mass is 32.2. The summed E-state index contributed by atoms with van der Waals surface area (Å²) in [5, 5.41) is 7.05. The van der Waals surface area contributed by atoms with Gasteiger partial charge in [0.1, 0.15) is 5.75 Å². The molecule has 3 aromatic rings. The lowest BCUT2D eigenvalue weighted by atomic mass is 9.97. The summed E-state index contributed by atoms with van der Waals surface area (Å²) in [5.41, 5.74) is 1.43. The molecule has 2 fully saturated rings. The van der Waals surface area contributed by atoms with Gasteiger partial charge in [-0.05, 0) is 80.8 Å². The molecule has 3 heterocycles. The molecule has 10 nitrogen and oxygen atoms in total. The molecule has 2 aliphatic rings. The van der Waals surface area contributed by atoms with Crippen molar-refractivity contribution in [3.05, 3.63) is 54.4 Å². The Morgan fingerprint density at radius 3 is 2.47 bits per heavy atom. The van der Waals surface area contributed by atoms with Crippen LogP contribution < -0.4 is 10.1 Å². The lowest BCUT2D eigenvalue weighted by molar-refractivity contribution is -0.121. The molecule has 0 saturated carbocycles. The SMILES string of the molecule is COc1ccc(-c2noc(CN3CCCC(C(=O)Nc4ccc(S(=O)(=O)N5CCCCC5)cc4)C3)n2)cc1. The molecule has 0 bridgehead atoms. The van der Waals surface area contributed by atoms with Gasteiger partial charge in [0.15, 0.2) is 0 Å². The van der Waals surface area contributed by atoms with E-state index in [2.05, 4.69) is 20.4 Å². The molecule has 2 saturated heterocycles. The number of sulfonamides is 1.